The quantitative estimate of drug-likeness (QED) is 0.583. The average molecular weight is 428 g/mol. The Hall–Kier alpha value is -2.73. The number of nitrogens with one attached hydrogen (secondary N) is 1. The number of esters is 1. The number of ketones is 1. The van der Waals surface area contributed by atoms with Gasteiger partial charge in [0.1, 0.15) is 5.60 Å². The minimum Gasteiger partial charge on any atom is -0.460 e. The summed E-state index contributed by atoms with van der Waals surface area (Å²) in [6.45, 7) is 7.05. The second-order valence-corrected chi connectivity index (χ2v) is 8.78. The number of fused-ring (bicyclic) bond motifs is 1. The van der Waals surface area contributed by atoms with Crippen molar-refractivity contribution in [3.8, 4) is 0 Å². The van der Waals surface area contributed by atoms with Crippen molar-refractivity contribution >= 4 is 28.4 Å². The van der Waals surface area contributed by atoms with Crippen LogP contribution >= 0.6 is 0 Å². The molecule has 2 atom stereocenters. The monoisotopic (exact) mass is 427 g/mol. The van der Waals surface area contributed by atoms with Crippen LogP contribution in [0.5, 0.6) is 0 Å². The molecule has 6 nitrogen and oxygen atoms in total. The van der Waals surface area contributed by atoms with Crippen LogP contribution in [0.15, 0.2) is 42.5 Å². The normalized spacial score (nSPS) is 13.5. The second kappa shape index (κ2) is 11.0. The van der Waals surface area contributed by atoms with Gasteiger partial charge in [-0.2, -0.15) is 0 Å². The van der Waals surface area contributed by atoms with Crippen LogP contribution in [0.25, 0.3) is 10.8 Å². The first-order chi connectivity index (χ1) is 14.6. The van der Waals surface area contributed by atoms with Crippen molar-refractivity contribution < 1.29 is 23.9 Å². The van der Waals surface area contributed by atoms with E-state index in [4.69, 9.17) is 9.47 Å². The van der Waals surface area contributed by atoms with Gasteiger partial charge in [0.25, 0.3) is 0 Å². The number of carbonyl (C=O) groups is 3. The molecule has 0 aliphatic carbocycles. The lowest BCUT2D eigenvalue weighted by molar-refractivity contribution is -0.158. The van der Waals surface area contributed by atoms with Crippen LogP contribution in [-0.2, 0) is 30.3 Å². The molecule has 0 saturated heterocycles. The maximum absolute atomic E-state index is 12.6. The SMILES string of the molecule is COC[C@H](CC(=O)OC(C)(C)C)C(=O)N[C@@H](C)C(=O)CCc1cccc2ccccc12. The van der Waals surface area contributed by atoms with E-state index in [0.717, 1.165) is 16.3 Å². The van der Waals surface area contributed by atoms with Crippen molar-refractivity contribution in [1.29, 1.82) is 0 Å². The lowest BCUT2D eigenvalue weighted by atomic mass is 9.98. The molecule has 0 fully saturated rings. The molecule has 168 valence electrons. The molecule has 0 unspecified atom stereocenters. The number of hydrogen-bond donors (Lipinski definition) is 1. The van der Waals surface area contributed by atoms with E-state index in [0.29, 0.717) is 12.8 Å². The molecule has 2 rings (SSSR count). The summed E-state index contributed by atoms with van der Waals surface area (Å²) in [6.07, 6.45) is 0.810. The fraction of sp³-hybridized carbons (Fsp3) is 0.480. The van der Waals surface area contributed by atoms with Gasteiger partial charge in [0.15, 0.2) is 5.78 Å². The molecule has 1 N–H and O–H groups in total. The average Bonchev–Trinajstić information content (AvgIpc) is 2.70. The Morgan fingerprint density at radius 3 is 2.39 bits per heavy atom. The highest BCUT2D eigenvalue weighted by Crippen LogP contribution is 2.20. The van der Waals surface area contributed by atoms with Crippen LogP contribution < -0.4 is 5.32 Å². The second-order valence-electron chi connectivity index (χ2n) is 8.78. The Bertz CT molecular complexity index is 910. The van der Waals surface area contributed by atoms with E-state index in [1.165, 1.54) is 7.11 Å². The summed E-state index contributed by atoms with van der Waals surface area (Å²) in [5, 5.41) is 5.00. The Kier molecular flexibility index (Phi) is 8.75. The van der Waals surface area contributed by atoms with E-state index < -0.39 is 29.4 Å². The van der Waals surface area contributed by atoms with Crippen molar-refractivity contribution in [2.45, 2.75) is 58.6 Å². The van der Waals surface area contributed by atoms with Gasteiger partial charge in [-0.3, -0.25) is 14.4 Å². The first-order valence-electron chi connectivity index (χ1n) is 10.6. The van der Waals surface area contributed by atoms with Gasteiger partial charge < -0.3 is 14.8 Å². The van der Waals surface area contributed by atoms with Gasteiger partial charge >= 0.3 is 5.97 Å². The van der Waals surface area contributed by atoms with Gasteiger partial charge in [0.05, 0.1) is 25.0 Å². The van der Waals surface area contributed by atoms with Crippen LogP contribution in [0.2, 0.25) is 0 Å². The molecule has 0 saturated carbocycles. The van der Waals surface area contributed by atoms with E-state index in [-0.39, 0.29) is 18.8 Å². The van der Waals surface area contributed by atoms with Gasteiger partial charge in [-0.25, -0.2) is 0 Å². The zero-order chi connectivity index (χ0) is 23.0. The number of carbonyl (C=O) groups excluding carboxylic acids is 3. The number of methoxy groups -OCH3 is 1. The lowest BCUT2D eigenvalue weighted by Crippen LogP contribution is -2.43. The van der Waals surface area contributed by atoms with E-state index >= 15 is 0 Å². The highest BCUT2D eigenvalue weighted by atomic mass is 16.6. The highest BCUT2D eigenvalue weighted by molar-refractivity contribution is 5.91. The molecular weight excluding hydrogens is 394 g/mol. The Labute approximate surface area is 184 Å². The predicted octanol–water partition coefficient (Wildman–Crippen LogP) is 3.84. The maximum Gasteiger partial charge on any atom is 0.307 e. The van der Waals surface area contributed by atoms with Crippen LogP contribution in [-0.4, -0.2) is 43.0 Å². The number of benzene rings is 2. The molecule has 1 amide bonds. The van der Waals surface area contributed by atoms with Crippen molar-refractivity contribution in [2.24, 2.45) is 5.92 Å². The van der Waals surface area contributed by atoms with Crippen LogP contribution in [0.1, 0.15) is 46.1 Å². The highest BCUT2D eigenvalue weighted by Gasteiger charge is 2.27. The molecule has 6 heteroatoms. The molecule has 0 aliphatic rings. The topological polar surface area (TPSA) is 81.7 Å². The molecule has 2 aromatic carbocycles. The van der Waals surface area contributed by atoms with Gasteiger partial charge in [0, 0.05) is 13.5 Å². The van der Waals surface area contributed by atoms with E-state index in [2.05, 4.69) is 5.32 Å². The zero-order valence-corrected chi connectivity index (χ0v) is 19.1. The molecule has 31 heavy (non-hydrogen) atoms. The summed E-state index contributed by atoms with van der Waals surface area (Å²) < 4.78 is 10.4. The van der Waals surface area contributed by atoms with Crippen LogP contribution in [0.4, 0.5) is 0 Å². The largest absolute Gasteiger partial charge is 0.460 e. The summed E-state index contributed by atoms with van der Waals surface area (Å²) >= 11 is 0. The molecule has 0 bridgehead atoms. The molecule has 0 radical (unpaired) electrons. The zero-order valence-electron chi connectivity index (χ0n) is 19.1. The van der Waals surface area contributed by atoms with Crippen LogP contribution in [0, 0.1) is 5.92 Å². The Morgan fingerprint density at radius 2 is 1.71 bits per heavy atom. The summed E-state index contributed by atoms with van der Waals surface area (Å²) in [5.74, 6) is -1.64. The van der Waals surface area contributed by atoms with Gasteiger partial charge in [0.2, 0.25) is 5.91 Å². The number of hydrogen-bond acceptors (Lipinski definition) is 5. The Balaban J connectivity index is 1.93. The van der Waals surface area contributed by atoms with Gasteiger partial charge in [-0.1, -0.05) is 42.5 Å². The maximum atomic E-state index is 12.6. The number of aryl methyl sites for hydroxylation is 1. The lowest BCUT2D eigenvalue weighted by Gasteiger charge is -2.22. The minimum atomic E-state index is -0.715. The molecule has 0 aromatic heterocycles. The first kappa shape index (κ1) is 24.5. The number of ether oxygens (including phenoxy) is 2. The Morgan fingerprint density at radius 1 is 1.03 bits per heavy atom. The van der Waals surface area contributed by atoms with Gasteiger partial charge in [-0.15, -0.1) is 0 Å². The molecule has 0 spiro atoms. The summed E-state index contributed by atoms with van der Waals surface area (Å²) in [7, 11) is 1.47. The van der Waals surface area contributed by atoms with Crippen molar-refractivity contribution in [3.05, 3.63) is 48.0 Å². The minimum absolute atomic E-state index is 0.0604. The smallest absolute Gasteiger partial charge is 0.307 e. The predicted molar refractivity (Wildman–Crippen MR) is 121 cm³/mol. The summed E-state index contributed by atoms with van der Waals surface area (Å²) in [6, 6.07) is 13.5. The number of rotatable bonds is 10. The van der Waals surface area contributed by atoms with Crippen LogP contribution in [0.3, 0.4) is 0 Å². The number of amides is 1. The third-order valence-corrected chi connectivity index (χ3v) is 4.93. The van der Waals surface area contributed by atoms with E-state index in [1.807, 2.05) is 42.5 Å². The third-order valence-electron chi connectivity index (χ3n) is 4.93. The van der Waals surface area contributed by atoms with Crippen molar-refractivity contribution in [1.82, 2.24) is 5.32 Å². The summed E-state index contributed by atoms with van der Waals surface area (Å²) in [4.78, 5) is 37.4. The van der Waals surface area contributed by atoms with Crippen molar-refractivity contribution in [2.75, 3.05) is 13.7 Å². The van der Waals surface area contributed by atoms with E-state index in [9.17, 15) is 14.4 Å². The fourth-order valence-electron chi connectivity index (χ4n) is 3.41. The summed E-state index contributed by atoms with van der Waals surface area (Å²) in [5.41, 5.74) is 0.475. The fourth-order valence-corrected chi connectivity index (χ4v) is 3.41. The molecule has 0 aliphatic heterocycles. The van der Waals surface area contributed by atoms with E-state index in [1.54, 1.807) is 27.7 Å². The molecular formula is C25H33NO5. The standard InChI is InChI=1S/C25H33NO5/c1-17(26-24(29)20(16-30-5)15-23(28)31-25(2,3)4)22(27)14-13-19-11-8-10-18-9-6-7-12-21(18)19/h6-12,17,20H,13-16H2,1-5H3,(H,26,29)/t17-,20-/m0/s1. The van der Waals surface area contributed by atoms with Gasteiger partial charge in [-0.05, 0) is 50.5 Å². The first-order valence-corrected chi connectivity index (χ1v) is 10.6. The van der Waals surface area contributed by atoms with Crippen molar-refractivity contribution in [3.63, 3.8) is 0 Å². The number of Topliss-reactive ketones (excluding diaryl/α,β-unsaturated/α-hetero) is 1. The molecule has 0 heterocycles. The molecule has 2 aromatic rings. The third kappa shape index (κ3) is 7.79.